The number of rotatable bonds is 3. The van der Waals surface area contributed by atoms with Gasteiger partial charge in [0.05, 0.1) is 23.9 Å². The maximum atomic E-state index is 6.27. The maximum Gasteiger partial charge on any atom is 0.129 e. The third-order valence-corrected chi connectivity index (χ3v) is 4.79. The van der Waals surface area contributed by atoms with Crippen LogP contribution in [0, 0.1) is 6.92 Å². The number of thiazole rings is 1. The lowest BCUT2D eigenvalue weighted by molar-refractivity contribution is 0.416. The van der Waals surface area contributed by atoms with Crippen LogP contribution in [0.1, 0.15) is 23.4 Å². The normalized spacial score (nSPS) is 16.6. The van der Waals surface area contributed by atoms with Crippen molar-refractivity contribution in [1.29, 1.82) is 0 Å². The van der Waals surface area contributed by atoms with Crippen molar-refractivity contribution in [3.05, 3.63) is 34.8 Å². The molecule has 3 rings (SSSR count). The van der Waals surface area contributed by atoms with E-state index in [0.717, 1.165) is 34.9 Å². The molecular formula is C14H16N2OS. The second-order valence-electron chi connectivity index (χ2n) is 4.79. The van der Waals surface area contributed by atoms with Gasteiger partial charge in [-0.05, 0) is 31.9 Å². The number of hydrogen-bond acceptors (Lipinski definition) is 4. The van der Waals surface area contributed by atoms with E-state index in [1.807, 2.05) is 31.2 Å². The molecule has 1 fully saturated rings. The molecular weight excluding hydrogens is 244 g/mol. The first-order valence-electron chi connectivity index (χ1n) is 6.04. The molecule has 0 aliphatic heterocycles. The van der Waals surface area contributed by atoms with Crippen molar-refractivity contribution in [1.82, 2.24) is 4.98 Å². The summed E-state index contributed by atoms with van der Waals surface area (Å²) in [6, 6.07) is 7.97. The molecule has 0 spiro atoms. The predicted molar refractivity (Wildman–Crippen MR) is 73.9 cm³/mol. The monoisotopic (exact) mass is 260 g/mol. The maximum absolute atomic E-state index is 6.27. The summed E-state index contributed by atoms with van der Waals surface area (Å²) in [5.74, 6) is 0.861. The molecule has 4 heteroatoms. The Morgan fingerprint density at radius 2 is 2.06 bits per heavy atom. The van der Waals surface area contributed by atoms with Gasteiger partial charge in [0.25, 0.3) is 0 Å². The smallest absolute Gasteiger partial charge is 0.129 e. The Morgan fingerprint density at radius 3 is 2.72 bits per heavy atom. The summed E-state index contributed by atoms with van der Waals surface area (Å²) in [4.78, 5) is 5.88. The van der Waals surface area contributed by atoms with E-state index in [0.29, 0.717) is 0 Å². The molecule has 1 saturated carbocycles. The molecule has 1 aliphatic rings. The third-order valence-electron chi connectivity index (χ3n) is 3.37. The van der Waals surface area contributed by atoms with Gasteiger partial charge < -0.3 is 10.5 Å². The molecule has 18 heavy (non-hydrogen) atoms. The van der Waals surface area contributed by atoms with Crippen LogP contribution in [0.4, 0.5) is 0 Å². The molecule has 0 amide bonds. The van der Waals surface area contributed by atoms with Crippen molar-refractivity contribution in [3.63, 3.8) is 0 Å². The van der Waals surface area contributed by atoms with E-state index < -0.39 is 0 Å². The SMILES string of the molecule is COc1ccccc1-c1nc(C)c(C2(N)CC2)s1. The zero-order chi connectivity index (χ0) is 12.8. The number of methoxy groups -OCH3 is 1. The van der Waals surface area contributed by atoms with Gasteiger partial charge in [0.15, 0.2) is 0 Å². The quantitative estimate of drug-likeness (QED) is 0.922. The summed E-state index contributed by atoms with van der Waals surface area (Å²) in [6.45, 7) is 2.04. The fraction of sp³-hybridized carbons (Fsp3) is 0.357. The van der Waals surface area contributed by atoms with Crippen LogP contribution in [-0.4, -0.2) is 12.1 Å². The highest BCUT2D eigenvalue weighted by Gasteiger charge is 2.43. The Hall–Kier alpha value is -1.39. The summed E-state index contributed by atoms with van der Waals surface area (Å²) in [6.07, 6.45) is 2.14. The molecule has 0 saturated heterocycles. The lowest BCUT2D eigenvalue weighted by Crippen LogP contribution is -2.18. The van der Waals surface area contributed by atoms with Crippen LogP contribution < -0.4 is 10.5 Å². The fourth-order valence-electron chi connectivity index (χ4n) is 2.16. The first-order chi connectivity index (χ1) is 8.64. The summed E-state index contributed by atoms with van der Waals surface area (Å²) in [5, 5.41) is 0.997. The lowest BCUT2D eigenvalue weighted by atomic mass is 10.2. The van der Waals surface area contributed by atoms with E-state index in [1.165, 1.54) is 4.88 Å². The first-order valence-corrected chi connectivity index (χ1v) is 6.86. The molecule has 2 aromatic rings. The number of nitrogens with zero attached hydrogens (tertiary/aromatic N) is 1. The van der Waals surface area contributed by atoms with Crippen LogP contribution >= 0.6 is 11.3 Å². The second kappa shape index (κ2) is 4.07. The number of hydrogen-bond donors (Lipinski definition) is 1. The average molecular weight is 260 g/mol. The van der Waals surface area contributed by atoms with Gasteiger partial charge in [-0.25, -0.2) is 4.98 Å². The minimum absolute atomic E-state index is 0.109. The van der Waals surface area contributed by atoms with Crippen molar-refractivity contribution in [2.24, 2.45) is 5.73 Å². The molecule has 1 aromatic carbocycles. The second-order valence-corrected chi connectivity index (χ2v) is 5.79. The topological polar surface area (TPSA) is 48.1 Å². The van der Waals surface area contributed by atoms with E-state index >= 15 is 0 Å². The van der Waals surface area contributed by atoms with Gasteiger partial charge in [-0.1, -0.05) is 12.1 Å². The molecule has 0 unspecified atom stereocenters. The first kappa shape index (κ1) is 11.7. The third kappa shape index (κ3) is 1.82. The van der Waals surface area contributed by atoms with E-state index in [-0.39, 0.29) is 5.54 Å². The van der Waals surface area contributed by atoms with Gasteiger partial charge in [-0.2, -0.15) is 0 Å². The number of para-hydroxylation sites is 1. The predicted octanol–water partition coefficient (Wildman–Crippen LogP) is 3.07. The Kier molecular flexibility index (Phi) is 2.64. The zero-order valence-corrected chi connectivity index (χ0v) is 11.4. The van der Waals surface area contributed by atoms with Crippen LogP contribution in [0.25, 0.3) is 10.6 Å². The highest BCUT2D eigenvalue weighted by Crippen LogP contribution is 2.48. The molecule has 1 aromatic heterocycles. The van der Waals surface area contributed by atoms with Gasteiger partial charge in [0.1, 0.15) is 10.8 Å². The van der Waals surface area contributed by atoms with Gasteiger partial charge >= 0.3 is 0 Å². The number of nitrogens with two attached hydrogens (primary N) is 1. The summed E-state index contributed by atoms with van der Waals surface area (Å²) in [7, 11) is 1.69. The van der Waals surface area contributed by atoms with E-state index in [9.17, 15) is 0 Å². The van der Waals surface area contributed by atoms with Crippen LogP contribution in [0.5, 0.6) is 5.75 Å². The van der Waals surface area contributed by atoms with Crippen LogP contribution in [0.15, 0.2) is 24.3 Å². The molecule has 1 aliphatic carbocycles. The average Bonchev–Trinajstić information content (AvgIpc) is 3.00. The number of ether oxygens (including phenoxy) is 1. The van der Waals surface area contributed by atoms with Crippen molar-refractivity contribution < 1.29 is 4.74 Å². The molecule has 0 bridgehead atoms. The molecule has 94 valence electrons. The molecule has 3 nitrogen and oxygen atoms in total. The molecule has 0 radical (unpaired) electrons. The van der Waals surface area contributed by atoms with Crippen molar-refractivity contribution in [2.45, 2.75) is 25.3 Å². The number of benzene rings is 1. The summed E-state index contributed by atoms with van der Waals surface area (Å²) < 4.78 is 5.39. The molecule has 2 N–H and O–H groups in total. The minimum Gasteiger partial charge on any atom is -0.496 e. The fourth-order valence-corrected chi connectivity index (χ4v) is 3.41. The Labute approximate surface area is 111 Å². The highest BCUT2D eigenvalue weighted by atomic mass is 32.1. The molecule has 1 heterocycles. The van der Waals surface area contributed by atoms with E-state index in [4.69, 9.17) is 10.5 Å². The summed E-state index contributed by atoms with van der Waals surface area (Å²) >= 11 is 1.70. The van der Waals surface area contributed by atoms with E-state index in [1.54, 1.807) is 18.4 Å². The van der Waals surface area contributed by atoms with Gasteiger partial charge in [0, 0.05) is 4.88 Å². The van der Waals surface area contributed by atoms with Crippen molar-refractivity contribution in [3.8, 4) is 16.3 Å². The number of aromatic nitrogens is 1. The zero-order valence-electron chi connectivity index (χ0n) is 10.6. The Balaban J connectivity index is 2.07. The van der Waals surface area contributed by atoms with E-state index in [2.05, 4.69) is 4.98 Å². The van der Waals surface area contributed by atoms with Gasteiger partial charge in [0.2, 0.25) is 0 Å². The van der Waals surface area contributed by atoms with Crippen LogP contribution in [0.2, 0.25) is 0 Å². The largest absolute Gasteiger partial charge is 0.496 e. The van der Waals surface area contributed by atoms with Gasteiger partial charge in [-0.15, -0.1) is 11.3 Å². The lowest BCUT2D eigenvalue weighted by Gasteiger charge is -2.05. The van der Waals surface area contributed by atoms with Crippen molar-refractivity contribution in [2.75, 3.05) is 7.11 Å². The molecule has 0 atom stereocenters. The van der Waals surface area contributed by atoms with Gasteiger partial charge in [-0.3, -0.25) is 0 Å². The standard InChI is InChI=1S/C14H16N2OS/c1-9-12(14(15)7-8-14)18-13(16-9)10-5-3-4-6-11(10)17-2/h3-6H,7-8,15H2,1-2H3. The highest BCUT2D eigenvalue weighted by molar-refractivity contribution is 7.15. The summed E-state index contributed by atoms with van der Waals surface area (Å²) in [5.41, 5.74) is 8.26. The van der Waals surface area contributed by atoms with Crippen LogP contribution in [-0.2, 0) is 5.54 Å². The number of aryl methyl sites for hydroxylation is 1. The minimum atomic E-state index is -0.109. The van der Waals surface area contributed by atoms with Crippen molar-refractivity contribution >= 4 is 11.3 Å². The Bertz CT molecular complexity index is 587. The Morgan fingerprint density at radius 1 is 1.33 bits per heavy atom. The van der Waals surface area contributed by atoms with Crippen LogP contribution in [0.3, 0.4) is 0 Å².